The summed E-state index contributed by atoms with van der Waals surface area (Å²) in [4.78, 5) is 15.3. The molecule has 1 aromatic rings. The Bertz CT molecular complexity index is 539. The second-order valence-electron chi connectivity index (χ2n) is 6.11. The van der Waals surface area contributed by atoms with Crippen LogP contribution in [0.1, 0.15) is 52.7 Å². The fraction of sp³-hybridized carbons (Fsp3) is 0.529. The van der Waals surface area contributed by atoms with Crippen molar-refractivity contribution in [1.82, 2.24) is 4.90 Å². The van der Waals surface area contributed by atoms with Gasteiger partial charge in [0, 0.05) is 11.6 Å². The number of hydrogen-bond acceptors (Lipinski definition) is 2. The first kappa shape index (κ1) is 16.0. The van der Waals surface area contributed by atoms with Gasteiger partial charge in [0.15, 0.2) is 0 Å². The summed E-state index contributed by atoms with van der Waals surface area (Å²) < 4.78 is 0. The van der Waals surface area contributed by atoms with E-state index in [-0.39, 0.29) is 11.9 Å². The van der Waals surface area contributed by atoms with Crippen LogP contribution in [-0.2, 0) is 0 Å². The van der Waals surface area contributed by atoms with Crippen LogP contribution in [0.5, 0.6) is 0 Å². The van der Waals surface area contributed by atoms with E-state index < -0.39 is 0 Å². The summed E-state index contributed by atoms with van der Waals surface area (Å²) in [6.07, 6.45) is 4.46. The quantitative estimate of drug-likeness (QED) is 0.868. The van der Waals surface area contributed by atoms with E-state index in [1.54, 1.807) is 0 Å². The minimum atomic E-state index is 0.0738. The number of hydrogen-bond donors (Lipinski definition) is 1. The summed E-state index contributed by atoms with van der Waals surface area (Å²) in [5, 5.41) is 0. The summed E-state index contributed by atoms with van der Waals surface area (Å²) >= 11 is 5.05. The van der Waals surface area contributed by atoms with Gasteiger partial charge in [-0.25, -0.2) is 0 Å². The zero-order chi connectivity index (χ0) is 15.6. The molecule has 2 rings (SSSR count). The summed E-state index contributed by atoms with van der Waals surface area (Å²) in [5.74, 6) is 0.0738. The molecule has 1 aromatic carbocycles. The molecule has 1 fully saturated rings. The highest BCUT2D eigenvalue weighted by atomic mass is 32.1. The molecule has 0 heterocycles. The summed E-state index contributed by atoms with van der Waals surface area (Å²) in [6.45, 7) is 6.44. The van der Waals surface area contributed by atoms with Crippen LogP contribution in [0.3, 0.4) is 0 Å². The van der Waals surface area contributed by atoms with Gasteiger partial charge < -0.3 is 10.6 Å². The Labute approximate surface area is 132 Å². The molecular formula is C17H24N2OS. The second kappa shape index (κ2) is 6.56. The molecule has 21 heavy (non-hydrogen) atoms. The van der Waals surface area contributed by atoms with Crippen LogP contribution in [0.15, 0.2) is 12.1 Å². The van der Waals surface area contributed by atoms with Gasteiger partial charge in [0.2, 0.25) is 0 Å². The predicted molar refractivity (Wildman–Crippen MR) is 90.7 cm³/mol. The third-order valence-corrected chi connectivity index (χ3v) is 4.37. The Morgan fingerprint density at radius 3 is 2.24 bits per heavy atom. The van der Waals surface area contributed by atoms with Crippen LogP contribution >= 0.6 is 12.2 Å². The van der Waals surface area contributed by atoms with Crippen molar-refractivity contribution in [2.45, 2.75) is 52.5 Å². The maximum absolute atomic E-state index is 13.0. The maximum Gasteiger partial charge on any atom is 0.255 e. The molecule has 0 bridgehead atoms. The number of carbonyl (C=O) groups excluding carboxylic acids is 1. The van der Waals surface area contributed by atoms with Gasteiger partial charge in [-0.1, -0.05) is 42.8 Å². The molecule has 0 unspecified atom stereocenters. The first-order chi connectivity index (χ1) is 9.90. The molecule has 0 aromatic heterocycles. The minimum absolute atomic E-state index is 0.0738. The Morgan fingerprint density at radius 2 is 1.76 bits per heavy atom. The first-order valence-electron chi connectivity index (χ1n) is 7.57. The van der Waals surface area contributed by atoms with Crippen molar-refractivity contribution in [3.8, 4) is 0 Å². The van der Waals surface area contributed by atoms with Gasteiger partial charge >= 0.3 is 0 Å². The molecule has 114 valence electrons. The lowest BCUT2D eigenvalue weighted by Crippen LogP contribution is -2.44. The molecule has 0 atom stereocenters. The third kappa shape index (κ3) is 3.62. The second-order valence-corrected chi connectivity index (χ2v) is 6.64. The van der Waals surface area contributed by atoms with Crippen molar-refractivity contribution >= 4 is 23.1 Å². The molecule has 1 aliphatic carbocycles. The van der Waals surface area contributed by atoms with Crippen molar-refractivity contribution in [3.63, 3.8) is 0 Å². The lowest BCUT2D eigenvalue weighted by molar-refractivity contribution is 0.0713. The molecule has 0 radical (unpaired) electrons. The van der Waals surface area contributed by atoms with Crippen LogP contribution in [0.4, 0.5) is 0 Å². The van der Waals surface area contributed by atoms with Gasteiger partial charge in [0.05, 0.1) is 11.5 Å². The standard InChI is InChI=1S/C17H24N2OS/c1-11-8-12(2)16(13(3)9-11)17(20)19(10-15(18)21)14-6-4-5-7-14/h8-9,14H,4-7,10H2,1-3H3,(H2,18,21). The van der Waals surface area contributed by atoms with Crippen LogP contribution in [0, 0.1) is 20.8 Å². The minimum Gasteiger partial charge on any atom is -0.392 e. The van der Waals surface area contributed by atoms with E-state index in [0.717, 1.165) is 29.5 Å². The normalized spacial score (nSPS) is 15.2. The maximum atomic E-state index is 13.0. The number of thiocarbonyl (C=S) groups is 1. The zero-order valence-corrected chi connectivity index (χ0v) is 13.9. The smallest absolute Gasteiger partial charge is 0.255 e. The predicted octanol–water partition coefficient (Wildman–Crippen LogP) is 3.28. The monoisotopic (exact) mass is 304 g/mol. The molecule has 0 aliphatic heterocycles. The van der Waals surface area contributed by atoms with Crippen molar-refractivity contribution < 1.29 is 4.79 Å². The van der Waals surface area contributed by atoms with E-state index in [9.17, 15) is 4.79 Å². The number of nitrogens with zero attached hydrogens (tertiary/aromatic N) is 1. The fourth-order valence-electron chi connectivity index (χ4n) is 3.41. The summed E-state index contributed by atoms with van der Waals surface area (Å²) in [6, 6.07) is 4.40. The Morgan fingerprint density at radius 1 is 1.24 bits per heavy atom. The molecule has 2 N–H and O–H groups in total. The van der Waals surface area contributed by atoms with Crippen LogP contribution in [-0.4, -0.2) is 28.4 Å². The number of carbonyl (C=O) groups is 1. The Kier molecular flexibility index (Phi) is 4.99. The van der Waals surface area contributed by atoms with Crippen molar-refractivity contribution in [2.75, 3.05) is 6.54 Å². The van der Waals surface area contributed by atoms with Gasteiger partial charge in [-0.05, 0) is 44.7 Å². The lowest BCUT2D eigenvalue weighted by atomic mass is 9.98. The number of nitrogens with two attached hydrogens (primary N) is 1. The van der Waals surface area contributed by atoms with Gasteiger partial charge in [-0.2, -0.15) is 0 Å². The van der Waals surface area contributed by atoms with Crippen molar-refractivity contribution in [3.05, 3.63) is 34.4 Å². The van der Waals surface area contributed by atoms with E-state index in [4.69, 9.17) is 18.0 Å². The first-order valence-corrected chi connectivity index (χ1v) is 7.98. The molecule has 1 saturated carbocycles. The summed E-state index contributed by atoms with van der Waals surface area (Å²) in [7, 11) is 0. The molecule has 1 aliphatic rings. The number of amides is 1. The van der Waals surface area contributed by atoms with E-state index >= 15 is 0 Å². The molecule has 4 heteroatoms. The molecule has 0 saturated heterocycles. The highest BCUT2D eigenvalue weighted by Crippen LogP contribution is 2.27. The van der Waals surface area contributed by atoms with Crippen molar-refractivity contribution in [1.29, 1.82) is 0 Å². The van der Waals surface area contributed by atoms with Crippen LogP contribution in [0.2, 0.25) is 0 Å². The summed E-state index contributed by atoms with van der Waals surface area (Å²) in [5.41, 5.74) is 9.77. The largest absolute Gasteiger partial charge is 0.392 e. The highest BCUT2D eigenvalue weighted by Gasteiger charge is 2.29. The van der Waals surface area contributed by atoms with E-state index in [1.165, 1.54) is 18.4 Å². The SMILES string of the molecule is Cc1cc(C)c(C(=O)N(CC(N)=S)C2CCCC2)c(C)c1. The molecular weight excluding hydrogens is 280 g/mol. The fourth-order valence-corrected chi connectivity index (χ4v) is 3.55. The number of benzene rings is 1. The van der Waals surface area contributed by atoms with Crippen LogP contribution in [0.25, 0.3) is 0 Å². The van der Waals surface area contributed by atoms with Gasteiger partial charge in [-0.15, -0.1) is 0 Å². The van der Waals surface area contributed by atoms with Gasteiger partial charge in [0.1, 0.15) is 0 Å². The van der Waals surface area contributed by atoms with Crippen molar-refractivity contribution in [2.24, 2.45) is 5.73 Å². The molecule has 0 spiro atoms. The van der Waals surface area contributed by atoms with E-state index in [2.05, 4.69) is 19.1 Å². The zero-order valence-electron chi connectivity index (χ0n) is 13.1. The number of rotatable bonds is 4. The topological polar surface area (TPSA) is 46.3 Å². The molecule has 1 amide bonds. The Balaban J connectivity index is 2.35. The molecule has 3 nitrogen and oxygen atoms in total. The van der Waals surface area contributed by atoms with Crippen LogP contribution < -0.4 is 5.73 Å². The average Bonchev–Trinajstić information content (AvgIpc) is 2.87. The lowest BCUT2D eigenvalue weighted by Gasteiger charge is -2.30. The van der Waals surface area contributed by atoms with E-state index in [1.807, 2.05) is 18.7 Å². The highest BCUT2D eigenvalue weighted by molar-refractivity contribution is 7.80. The third-order valence-electron chi connectivity index (χ3n) is 4.24. The Hall–Kier alpha value is -1.42. The van der Waals surface area contributed by atoms with Gasteiger partial charge in [-0.3, -0.25) is 4.79 Å². The average molecular weight is 304 g/mol. The van der Waals surface area contributed by atoms with E-state index in [0.29, 0.717) is 11.5 Å². The van der Waals surface area contributed by atoms with Gasteiger partial charge in [0.25, 0.3) is 5.91 Å². The number of aryl methyl sites for hydroxylation is 3.